The fourth-order valence-corrected chi connectivity index (χ4v) is 4.33. The predicted molar refractivity (Wildman–Crippen MR) is 129 cm³/mol. The Morgan fingerprint density at radius 3 is 2.30 bits per heavy atom. The van der Waals surface area contributed by atoms with E-state index in [0.717, 1.165) is 16.3 Å². The quantitative estimate of drug-likeness (QED) is 0.450. The number of fused-ring (bicyclic) bond motifs is 1. The highest BCUT2D eigenvalue weighted by Crippen LogP contribution is 2.16. The maximum absolute atomic E-state index is 12.8. The van der Waals surface area contributed by atoms with Crippen LogP contribution < -0.4 is 15.4 Å². The predicted octanol–water partition coefficient (Wildman–Crippen LogP) is 2.75. The molecule has 0 radical (unpaired) electrons. The second-order valence-electron chi connectivity index (χ2n) is 8.22. The molecule has 33 heavy (non-hydrogen) atoms. The summed E-state index contributed by atoms with van der Waals surface area (Å²) in [6, 6.07) is 19.5. The Labute approximate surface area is 194 Å². The van der Waals surface area contributed by atoms with Crippen LogP contribution in [0.4, 0.5) is 0 Å². The van der Waals surface area contributed by atoms with E-state index in [2.05, 4.69) is 15.4 Å². The molecular weight excluding hydrogens is 438 g/mol. The van der Waals surface area contributed by atoms with E-state index in [-0.39, 0.29) is 35.6 Å². The van der Waals surface area contributed by atoms with E-state index in [9.17, 15) is 18.0 Å². The minimum Gasteiger partial charge on any atom is -0.350 e. The van der Waals surface area contributed by atoms with Crippen LogP contribution in [-0.2, 0) is 32.6 Å². The van der Waals surface area contributed by atoms with Crippen molar-refractivity contribution in [3.05, 3.63) is 77.9 Å². The van der Waals surface area contributed by atoms with Crippen LogP contribution in [0.15, 0.2) is 71.6 Å². The highest BCUT2D eigenvalue weighted by Gasteiger charge is 2.24. The lowest BCUT2D eigenvalue weighted by atomic mass is 10.0. The molecule has 1 unspecified atom stereocenters. The summed E-state index contributed by atoms with van der Waals surface area (Å²) in [6.07, 6.45) is 0.172. The van der Waals surface area contributed by atoms with Gasteiger partial charge in [0.05, 0.1) is 11.3 Å². The van der Waals surface area contributed by atoms with Crippen molar-refractivity contribution in [2.75, 3.05) is 7.05 Å². The van der Waals surface area contributed by atoms with E-state index in [4.69, 9.17) is 0 Å². The molecular formula is C25H29N3O4S. The second-order valence-corrected chi connectivity index (χ2v) is 10.1. The Bertz CT molecular complexity index is 1260. The standard InChI is InChI=1S/C25H29N3O4S/c1-17(2)24(25(30)27-16-19-7-6-10-22(14-19)33(31,32)26-3)28-23(29)15-18-11-12-20-8-4-5-9-21(20)13-18/h4-14,17,24,26H,15-16H2,1-3H3,(H,27,30)(H,28,29). The second kappa shape index (κ2) is 10.6. The first-order valence-electron chi connectivity index (χ1n) is 10.8. The maximum atomic E-state index is 12.8. The van der Waals surface area contributed by atoms with Crippen molar-refractivity contribution in [1.82, 2.24) is 15.4 Å². The van der Waals surface area contributed by atoms with Gasteiger partial charge in [-0.05, 0) is 47.0 Å². The molecule has 3 rings (SSSR count). The number of nitrogens with one attached hydrogen (secondary N) is 3. The SMILES string of the molecule is CNS(=O)(=O)c1cccc(CNC(=O)C(NC(=O)Cc2ccc3ccccc3c2)C(C)C)c1. The van der Waals surface area contributed by atoms with Crippen LogP contribution in [0.2, 0.25) is 0 Å². The number of amides is 2. The van der Waals surface area contributed by atoms with Gasteiger partial charge in [-0.2, -0.15) is 0 Å². The smallest absolute Gasteiger partial charge is 0.243 e. The van der Waals surface area contributed by atoms with Crippen molar-refractivity contribution in [1.29, 1.82) is 0 Å². The highest BCUT2D eigenvalue weighted by atomic mass is 32.2. The largest absolute Gasteiger partial charge is 0.350 e. The van der Waals surface area contributed by atoms with Crippen LogP contribution in [0, 0.1) is 5.92 Å². The number of hydrogen-bond donors (Lipinski definition) is 3. The molecule has 0 bridgehead atoms. The zero-order valence-corrected chi connectivity index (χ0v) is 19.8. The van der Waals surface area contributed by atoms with E-state index in [1.54, 1.807) is 12.1 Å². The zero-order valence-electron chi connectivity index (χ0n) is 19.0. The van der Waals surface area contributed by atoms with Gasteiger partial charge in [-0.15, -0.1) is 0 Å². The summed E-state index contributed by atoms with van der Waals surface area (Å²) in [5, 5.41) is 7.80. The number of hydrogen-bond acceptors (Lipinski definition) is 4. The lowest BCUT2D eigenvalue weighted by Gasteiger charge is -2.22. The third-order valence-electron chi connectivity index (χ3n) is 5.39. The molecule has 3 N–H and O–H groups in total. The van der Waals surface area contributed by atoms with Gasteiger partial charge < -0.3 is 10.6 Å². The average Bonchev–Trinajstić information content (AvgIpc) is 2.81. The normalized spacial score (nSPS) is 12.5. The number of rotatable bonds is 9. The van der Waals surface area contributed by atoms with E-state index < -0.39 is 16.1 Å². The summed E-state index contributed by atoms with van der Waals surface area (Å²) >= 11 is 0. The molecule has 3 aromatic carbocycles. The minimum absolute atomic E-state index is 0.124. The van der Waals surface area contributed by atoms with Gasteiger partial charge in [-0.25, -0.2) is 13.1 Å². The van der Waals surface area contributed by atoms with Crippen LogP contribution >= 0.6 is 0 Å². The summed E-state index contributed by atoms with van der Waals surface area (Å²) in [7, 11) is -2.22. The topological polar surface area (TPSA) is 104 Å². The van der Waals surface area contributed by atoms with Crippen LogP contribution in [-0.4, -0.2) is 33.3 Å². The highest BCUT2D eigenvalue weighted by molar-refractivity contribution is 7.89. The van der Waals surface area contributed by atoms with Gasteiger partial charge >= 0.3 is 0 Å². The number of carbonyl (C=O) groups excluding carboxylic acids is 2. The molecule has 0 aliphatic heterocycles. The Hall–Kier alpha value is -3.23. The first kappa shape index (κ1) is 24.4. The van der Waals surface area contributed by atoms with Gasteiger partial charge in [0.15, 0.2) is 0 Å². The van der Waals surface area contributed by atoms with E-state index >= 15 is 0 Å². The van der Waals surface area contributed by atoms with Gasteiger partial charge in [-0.3, -0.25) is 9.59 Å². The third-order valence-corrected chi connectivity index (χ3v) is 6.80. The fourth-order valence-electron chi connectivity index (χ4n) is 3.53. The van der Waals surface area contributed by atoms with Crippen molar-refractivity contribution < 1.29 is 18.0 Å². The van der Waals surface area contributed by atoms with E-state index in [1.807, 2.05) is 56.3 Å². The van der Waals surface area contributed by atoms with Gasteiger partial charge in [-0.1, -0.05) is 68.4 Å². The Morgan fingerprint density at radius 1 is 0.879 bits per heavy atom. The first-order chi connectivity index (χ1) is 15.7. The molecule has 7 nitrogen and oxygen atoms in total. The van der Waals surface area contributed by atoms with Crippen molar-refractivity contribution in [2.45, 2.75) is 37.8 Å². The van der Waals surface area contributed by atoms with Crippen LogP contribution in [0.1, 0.15) is 25.0 Å². The number of carbonyl (C=O) groups is 2. The van der Waals surface area contributed by atoms with Crippen molar-refractivity contribution in [3.8, 4) is 0 Å². The molecule has 1 atom stereocenters. The molecule has 0 fully saturated rings. The lowest BCUT2D eigenvalue weighted by Crippen LogP contribution is -2.49. The summed E-state index contributed by atoms with van der Waals surface area (Å²) in [6.45, 7) is 3.87. The van der Waals surface area contributed by atoms with Gasteiger partial charge in [0.2, 0.25) is 21.8 Å². The van der Waals surface area contributed by atoms with Crippen LogP contribution in [0.25, 0.3) is 10.8 Å². The van der Waals surface area contributed by atoms with E-state index in [0.29, 0.717) is 5.56 Å². The first-order valence-corrected chi connectivity index (χ1v) is 12.2. The van der Waals surface area contributed by atoms with Crippen molar-refractivity contribution >= 4 is 32.6 Å². The minimum atomic E-state index is -3.57. The maximum Gasteiger partial charge on any atom is 0.243 e. The van der Waals surface area contributed by atoms with Gasteiger partial charge in [0, 0.05) is 6.54 Å². The molecule has 0 saturated carbocycles. The van der Waals surface area contributed by atoms with Crippen molar-refractivity contribution in [3.63, 3.8) is 0 Å². The number of sulfonamides is 1. The molecule has 0 heterocycles. The molecule has 0 aromatic heterocycles. The van der Waals surface area contributed by atoms with Crippen LogP contribution in [0.5, 0.6) is 0 Å². The van der Waals surface area contributed by atoms with Gasteiger partial charge in [0.1, 0.15) is 6.04 Å². The lowest BCUT2D eigenvalue weighted by molar-refractivity contribution is -0.129. The molecule has 0 saturated heterocycles. The summed E-state index contributed by atoms with van der Waals surface area (Å²) < 4.78 is 26.2. The molecule has 3 aromatic rings. The van der Waals surface area contributed by atoms with Crippen molar-refractivity contribution in [2.24, 2.45) is 5.92 Å². The Balaban J connectivity index is 1.62. The molecule has 2 amide bonds. The molecule has 0 spiro atoms. The molecule has 0 aliphatic carbocycles. The van der Waals surface area contributed by atoms with E-state index in [1.165, 1.54) is 19.2 Å². The number of benzene rings is 3. The molecule has 174 valence electrons. The Morgan fingerprint density at radius 2 is 1.61 bits per heavy atom. The molecule has 8 heteroatoms. The molecule has 0 aliphatic rings. The zero-order chi connectivity index (χ0) is 24.0. The average molecular weight is 468 g/mol. The third kappa shape index (κ3) is 6.40. The van der Waals surface area contributed by atoms with Gasteiger partial charge in [0.25, 0.3) is 0 Å². The monoisotopic (exact) mass is 467 g/mol. The Kier molecular flexibility index (Phi) is 7.84. The summed E-state index contributed by atoms with van der Waals surface area (Å²) in [5.74, 6) is -0.679. The summed E-state index contributed by atoms with van der Waals surface area (Å²) in [4.78, 5) is 25.6. The fraction of sp³-hybridized carbons (Fsp3) is 0.280. The van der Waals surface area contributed by atoms with Crippen LogP contribution in [0.3, 0.4) is 0 Å². The summed E-state index contributed by atoms with van der Waals surface area (Å²) in [5.41, 5.74) is 1.52.